The first-order valence-corrected chi connectivity index (χ1v) is 12.9. The van der Waals surface area contributed by atoms with E-state index in [0.717, 1.165) is 52.7 Å². The van der Waals surface area contributed by atoms with E-state index in [1.54, 1.807) is 7.05 Å². The Morgan fingerprint density at radius 3 is 2.58 bits per heavy atom. The van der Waals surface area contributed by atoms with Gasteiger partial charge in [-0.25, -0.2) is 0 Å². The van der Waals surface area contributed by atoms with Crippen LogP contribution in [0, 0.1) is 0 Å². The van der Waals surface area contributed by atoms with Crippen molar-refractivity contribution in [3.8, 4) is 22.5 Å². The number of nitrogens with zero attached hydrogens (tertiary/aromatic N) is 5. The van der Waals surface area contributed by atoms with Crippen LogP contribution < -0.4 is 10.2 Å². The molecule has 5 rings (SSSR count). The van der Waals surface area contributed by atoms with Gasteiger partial charge in [-0.1, -0.05) is 67.9 Å². The third-order valence-electron chi connectivity index (χ3n) is 6.77. The van der Waals surface area contributed by atoms with Crippen molar-refractivity contribution in [1.29, 1.82) is 0 Å². The molecular formula is C29H31N7O2. The normalized spacial score (nSPS) is 12.0. The number of aromatic amines is 1. The Hall–Kier alpha value is -4.53. The van der Waals surface area contributed by atoms with Crippen molar-refractivity contribution in [2.75, 3.05) is 18.5 Å². The molecule has 0 aliphatic carbocycles. The predicted molar refractivity (Wildman–Crippen MR) is 147 cm³/mol. The van der Waals surface area contributed by atoms with Crippen molar-refractivity contribution >= 4 is 23.0 Å². The molecule has 0 bridgehead atoms. The van der Waals surface area contributed by atoms with Gasteiger partial charge in [0.1, 0.15) is 5.52 Å². The second-order valence-electron chi connectivity index (χ2n) is 9.27. The minimum atomic E-state index is -0.0328. The van der Waals surface area contributed by atoms with Crippen LogP contribution in [0.5, 0.6) is 0 Å². The highest BCUT2D eigenvalue weighted by Crippen LogP contribution is 2.33. The Kier molecular flexibility index (Phi) is 7.44. The monoisotopic (exact) mass is 509 g/mol. The summed E-state index contributed by atoms with van der Waals surface area (Å²) < 4.78 is 6.20. The number of anilines is 1. The van der Waals surface area contributed by atoms with Gasteiger partial charge in [-0.2, -0.15) is 10.2 Å². The minimum Gasteiger partial charge on any atom is -0.423 e. The molecule has 2 aromatic heterocycles. The summed E-state index contributed by atoms with van der Waals surface area (Å²) in [6.45, 7) is 5.16. The lowest BCUT2D eigenvalue weighted by Gasteiger charge is -2.28. The summed E-state index contributed by atoms with van der Waals surface area (Å²) in [4.78, 5) is 18.8. The summed E-state index contributed by atoms with van der Waals surface area (Å²) in [7, 11) is 1.64. The molecule has 0 fully saturated rings. The maximum Gasteiger partial charge on any atom is 0.298 e. The molecular weight excluding hydrogens is 478 g/mol. The fraction of sp³-hybridized carbons (Fsp3) is 0.276. The molecule has 1 atom stereocenters. The van der Waals surface area contributed by atoms with Gasteiger partial charge in [0, 0.05) is 19.2 Å². The molecule has 0 aliphatic heterocycles. The van der Waals surface area contributed by atoms with E-state index in [1.807, 2.05) is 36.4 Å². The van der Waals surface area contributed by atoms with E-state index in [0.29, 0.717) is 23.8 Å². The maximum atomic E-state index is 11.8. The summed E-state index contributed by atoms with van der Waals surface area (Å²) in [5.74, 6) is 0.535. The van der Waals surface area contributed by atoms with E-state index in [9.17, 15) is 4.79 Å². The van der Waals surface area contributed by atoms with Crippen LogP contribution in [0.15, 0.2) is 71.1 Å². The number of amides is 1. The van der Waals surface area contributed by atoms with Gasteiger partial charge < -0.3 is 14.6 Å². The first kappa shape index (κ1) is 25.1. The summed E-state index contributed by atoms with van der Waals surface area (Å²) in [6.07, 6.45) is 2.39. The van der Waals surface area contributed by atoms with Gasteiger partial charge in [-0.15, -0.1) is 10.2 Å². The van der Waals surface area contributed by atoms with Crippen LogP contribution in [-0.2, 0) is 11.2 Å². The van der Waals surface area contributed by atoms with Crippen molar-refractivity contribution in [3.63, 3.8) is 0 Å². The topological polar surface area (TPSA) is 113 Å². The Labute approximate surface area is 221 Å². The lowest BCUT2D eigenvalue weighted by Crippen LogP contribution is -2.28. The molecule has 38 heavy (non-hydrogen) atoms. The largest absolute Gasteiger partial charge is 0.423 e. The van der Waals surface area contributed by atoms with E-state index < -0.39 is 0 Å². The number of aromatic nitrogens is 5. The molecule has 5 aromatic rings. The molecule has 9 nitrogen and oxygen atoms in total. The number of tetrazole rings is 1. The third-order valence-corrected chi connectivity index (χ3v) is 6.77. The number of likely N-dealkylation sites (N-methyl/N-ethyl adjacent to an activating group) is 1. The molecule has 0 unspecified atom stereocenters. The highest BCUT2D eigenvalue weighted by Gasteiger charge is 2.22. The number of carbonyl (C=O) groups excluding carboxylic acids is 1. The number of nitrogens with one attached hydrogen (secondary N) is 2. The summed E-state index contributed by atoms with van der Waals surface area (Å²) in [6, 6.07) is 23.0. The minimum absolute atomic E-state index is 0.0328. The highest BCUT2D eigenvalue weighted by atomic mass is 16.4. The van der Waals surface area contributed by atoms with E-state index in [1.165, 1.54) is 0 Å². The third kappa shape index (κ3) is 5.27. The number of hydrogen-bond acceptors (Lipinski definition) is 7. The van der Waals surface area contributed by atoms with Crippen LogP contribution in [-0.4, -0.2) is 45.1 Å². The second-order valence-corrected chi connectivity index (χ2v) is 9.27. The molecule has 194 valence electrons. The van der Waals surface area contributed by atoms with Crippen molar-refractivity contribution in [1.82, 2.24) is 30.9 Å². The SMILES string of the molecule is CCCCN(c1nc2cc(CC(=O)NC)ccc2o1)[C@H](C)c1ccc(-c2ccccc2-c2nn[nH]n2)cc1. The van der Waals surface area contributed by atoms with Crippen LogP contribution >= 0.6 is 0 Å². The molecule has 2 heterocycles. The van der Waals surface area contributed by atoms with E-state index in [-0.39, 0.29) is 11.9 Å². The number of H-pyrrole nitrogens is 1. The van der Waals surface area contributed by atoms with Crippen LogP contribution in [0.2, 0.25) is 0 Å². The molecule has 3 aromatic carbocycles. The van der Waals surface area contributed by atoms with E-state index in [2.05, 4.69) is 75.0 Å². The Morgan fingerprint density at radius 2 is 1.87 bits per heavy atom. The lowest BCUT2D eigenvalue weighted by atomic mass is 9.97. The van der Waals surface area contributed by atoms with Crippen LogP contribution in [0.25, 0.3) is 33.6 Å². The van der Waals surface area contributed by atoms with E-state index in [4.69, 9.17) is 9.40 Å². The predicted octanol–water partition coefficient (Wildman–Crippen LogP) is 5.33. The number of rotatable bonds is 10. The summed E-state index contributed by atoms with van der Waals surface area (Å²) >= 11 is 0. The quantitative estimate of drug-likeness (QED) is 0.262. The van der Waals surface area contributed by atoms with Crippen LogP contribution in [0.3, 0.4) is 0 Å². The first-order chi connectivity index (χ1) is 18.6. The summed E-state index contributed by atoms with van der Waals surface area (Å²) in [5, 5.41) is 17.2. The van der Waals surface area contributed by atoms with Crippen LogP contribution in [0.1, 0.15) is 43.9 Å². The van der Waals surface area contributed by atoms with Gasteiger partial charge in [0.25, 0.3) is 6.01 Å². The van der Waals surface area contributed by atoms with Gasteiger partial charge in [-0.05, 0) is 52.9 Å². The average molecular weight is 510 g/mol. The molecule has 0 spiro atoms. The van der Waals surface area contributed by atoms with Crippen molar-refractivity contribution in [3.05, 3.63) is 77.9 Å². The number of benzene rings is 3. The smallest absolute Gasteiger partial charge is 0.298 e. The standard InChI is InChI=1S/C29H31N7O2/c1-4-5-16-36(29-31-25-17-20(18-27(37)30-3)10-15-26(25)38-29)19(2)21-11-13-22(14-12-21)23-8-6-7-9-24(23)28-32-34-35-33-28/h6-15,17,19H,4-5,16,18H2,1-3H3,(H,30,37)(H,32,33,34,35)/t19-/m1/s1. The van der Waals surface area contributed by atoms with E-state index >= 15 is 0 Å². The molecule has 0 aliphatic rings. The van der Waals surface area contributed by atoms with Gasteiger partial charge in [0.15, 0.2) is 5.58 Å². The number of carbonyl (C=O) groups is 1. The number of unbranched alkanes of at least 4 members (excludes halogenated alkanes) is 1. The first-order valence-electron chi connectivity index (χ1n) is 12.9. The Balaban J connectivity index is 1.42. The van der Waals surface area contributed by atoms with Gasteiger partial charge in [-0.3, -0.25) is 4.79 Å². The van der Waals surface area contributed by atoms with Gasteiger partial charge >= 0.3 is 0 Å². The number of hydrogen-bond donors (Lipinski definition) is 2. The molecule has 0 radical (unpaired) electrons. The fourth-order valence-corrected chi connectivity index (χ4v) is 4.58. The van der Waals surface area contributed by atoms with Gasteiger partial charge in [0.05, 0.1) is 12.5 Å². The van der Waals surface area contributed by atoms with Crippen molar-refractivity contribution < 1.29 is 9.21 Å². The zero-order valence-corrected chi connectivity index (χ0v) is 21.8. The zero-order chi connectivity index (χ0) is 26.5. The highest BCUT2D eigenvalue weighted by molar-refractivity contribution is 5.82. The average Bonchev–Trinajstić information content (AvgIpc) is 3.63. The van der Waals surface area contributed by atoms with Gasteiger partial charge in [0.2, 0.25) is 11.7 Å². The Bertz CT molecular complexity index is 1510. The second kappa shape index (κ2) is 11.2. The number of oxazole rings is 1. The molecule has 0 saturated heterocycles. The molecule has 1 amide bonds. The molecule has 2 N–H and O–H groups in total. The van der Waals surface area contributed by atoms with Crippen molar-refractivity contribution in [2.45, 2.75) is 39.2 Å². The van der Waals surface area contributed by atoms with Crippen molar-refractivity contribution in [2.24, 2.45) is 0 Å². The molecule has 0 saturated carbocycles. The summed E-state index contributed by atoms with van der Waals surface area (Å²) in [5.41, 5.74) is 6.57. The maximum absolute atomic E-state index is 11.8. The lowest BCUT2D eigenvalue weighted by molar-refractivity contribution is -0.119. The fourth-order valence-electron chi connectivity index (χ4n) is 4.58. The Morgan fingerprint density at radius 1 is 1.08 bits per heavy atom. The zero-order valence-electron chi connectivity index (χ0n) is 21.8. The number of fused-ring (bicyclic) bond motifs is 1. The van der Waals surface area contributed by atoms with Crippen LogP contribution in [0.4, 0.5) is 6.01 Å². The molecule has 9 heteroatoms.